The van der Waals surface area contributed by atoms with Crippen LogP contribution in [0.2, 0.25) is 0 Å². The molecule has 0 spiro atoms. The van der Waals surface area contributed by atoms with Crippen LogP contribution in [0.15, 0.2) is 42.2 Å². The van der Waals surface area contributed by atoms with Crippen molar-refractivity contribution in [2.24, 2.45) is 0 Å². The molecule has 2 nitrogen and oxygen atoms in total. The van der Waals surface area contributed by atoms with Gasteiger partial charge in [0.1, 0.15) is 0 Å². The average Bonchev–Trinajstić information content (AvgIpc) is 2.37. The van der Waals surface area contributed by atoms with E-state index in [1.807, 2.05) is 24.3 Å². The van der Waals surface area contributed by atoms with Gasteiger partial charge in [-0.2, -0.15) is 0 Å². The third-order valence-corrected chi connectivity index (χ3v) is 6.41. The van der Waals surface area contributed by atoms with E-state index in [0.29, 0.717) is 23.0 Å². The van der Waals surface area contributed by atoms with E-state index in [4.69, 9.17) is 9.47 Å². The molecule has 0 saturated heterocycles. The van der Waals surface area contributed by atoms with Crippen LogP contribution in [0, 0.1) is 0 Å². The molecule has 3 rings (SSSR count). The van der Waals surface area contributed by atoms with Crippen molar-refractivity contribution in [1.82, 2.24) is 0 Å². The van der Waals surface area contributed by atoms with Crippen LogP contribution in [0.3, 0.4) is 0 Å². The number of hydrogen-bond donors (Lipinski definition) is 0. The predicted molar refractivity (Wildman–Crippen MR) is 83.8 cm³/mol. The molecule has 2 aromatic rings. The van der Waals surface area contributed by atoms with Gasteiger partial charge in [0.15, 0.2) is 23.0 Å². The van der Waals surface area contributed by atoms with Gasteiger partial charge in [-0.1, -0.05) is 0 Å². The molecule has 0 radical (unpaired) electrons. The summed E-state index contributed by atoms with van der Waals surface area (Å²) in [6, 6.07) is 7.54. The molecule has 0 unspecified atom stereocenters. The zero-order valence-corrected chi connectivity index (χ0v) is 15.0. The molecule has 0 saturated carbocycles. The number of halogens is 4. The second-order valence-electron chi connectivity index (χ2n) is 3.58. The first kappa shape index (κ1) is 13.0. The Kier molecular flexibility index (Phi) is 3.47. The molecule has 0 N–H and O–H groups in total. The van der Waals surface area contributed by atoms with Gasteiger partial charge in [0.25, 0.3) is 0 Å². The first-order valence-electron chi connectivity index (χ1n) is 4.89. The highest BCUT2D eigenvalue weighted by Crippen LogP contribution is 2.53. The molecule has 0 amide bonds. The highest BCUT2D eigenvalue weighted by atomic mass is 79.9. The summed E-state index contributed by atoms with van der Waals surface area (Å²) in [5.41, 5.74) is 0. The van der Waals surface area contributed by atoms with Crippen molar-refractivity contribution in [3.63, 3.8) is 0 Å². The first-order valence-corrected chi connectivity index (χ1v) is 8.07. The molecule has 0 aliphatic carbocycles. The van der Waals surface area contributed by atoms with Crippen molar-refractivity contribution in [2.75, 3.05) is 0 Å². The van der Waals surface area contributed by atoms with Crippen molar-refractivity contribution in [3.8, 4) is 23.0 Å². The molecule has 2 aromatic carbocycles. The van der Waals surface area contributed by atoms with Crippen LogP contribution in [0.5, 0.6) is 23.0 Å². The highest BCUT2D eigenvalue weighted by molar-refractivity contribution is 9.13. The summed E-state index contributed by atoms with van der Waals surface area (Å²) in [7, 11) is 0. The lowest BCUT2D eigenvalue weighted by molar-refractivity contribution is 0.355. The summed E-state index contributed by atoms with van der Waals surface area (Å²) in [5.74, 6) is 2.70. The van der Waals surface area contributed by atoms with Gasteiger partial charge in [-0.05, 0) is 88.0 Å². The average molecular weight is 500 g/mol. The van der Waals surface area contributed by atoms with Gasteiger partial charge in [0.05, 0.1) is 8.95 Å². The van der Waals surface area contributed by atoms with Crippen molar-refractivity contribution in [3.05, 3.63) is 42.2 Å². The SMILES string of the molecule is Brc1ccc2c(c1Br)Oc1c(ccc(Br)c1Br)O2. The quantitative estimate of drug-likeness (QED) is 0.345. The van der Waals surface area contributed by atoms with Crippen LogP contribution in [-0.2, 0) is 0 Å². The lowest BCUT2D eigenvalue weighted by Gasteiger charge is -2.23. The highest BCUT2D eigenvalue weighted by Gasteiger charge is 2.25. The monoisotopic (exact) mass is 496 g/mol. The molecule has 92 valence electrons. The number of ether oxygens (including phenoxy) is 2. The smallest absolute Gasteiger partial charge is 0.185 e. The van der Waals surface area contributed by atoms with E-state index in [2.05, 4.69) is 63.7 Å². The molecule has 1 aliphatic rings. The summed E-state index contributed by atoms with van der Waals surface area (Å²) >= 11 is 13.9. The van der Waals surface area contributed by atoms with Crippen LogP contribution >= 0.6 is 63.7 Å². The Morgan fingerprint density at radius 3 is 1.50 bits per heavy atom. The van der Waals surface area contributed by atoms with E-state index < -0.39 is 0 Å². The fraction of sp³-hybridized carbons (Fsp3) is 0. The fourth-order valence-electron chi connectivity index (χ4n) is 1.60. The maximum atomic E-state index is 5.92. The minimum absolute atomic E-state index is 0.663. The maximum absolute atomic E-state index is 5.92. The second-order valence-corrected chi connectivity index (χ2v) is 6.88. The molecule has 0 atom stereocenters. The third kappa shape index (κ3) is 2.03. The molecule has 1 heterocycles. The molecular formula is C12H4Br4O2. The zero-order chi connectivity index (χ0) is 12.9. The molecule has 1 aliphatic heterocycles. The summed E-state index contributed by atoms with van der Waals surface area (Å²) in [6.07, 6.45) is 0. The fourth-order valence-corrected chi connectivity index (χ4v) is 3.04. The summed E-state index contributed by atoms with van der Waals surface area (Å²) in [6.45, 7) is 0. The maximum Gasteiger partial charge on any atom is 0.185 e. The lowest BCUT2D eigenvalue weighted by atomic mass is 10.2. The number of hydrogen-bond acceptors (Lipinski definition) is 2. The van der Waals surface area contributed by atoms with Crippen LogP contribution < -0.4 is 9.47 Å². The Morgan fingerprint density at radius 1 is 0.611 bits per heavy atom. The van der Waals surface area contributed by atoms with Crippen LogP contribution in [0.4, 0.5) is 0 Å². The Balaban J connectivity index is 2.19. The van der Waals surface area contributed by atoms with E-state index in [9.17, 15) is 0 Å². The number of fused-ring (bicyclic) bond motifs is 2. The van der Waals surface area contributed by atoms with Gasteiger partial charge in [-0.25, -0.2) is 0 Å². The normalized spacial score (nSPS) is 12.2. The Morgan fingerprint density at radius 2 is 1.06 bits per heavy atom. The van der Waals surface area contributed by atoms with E-state index in [-0.39, 0.29) is 0 Å². The van der Waals surface area contributed by atoms with Gasteiger partial charge in [0.2, 0.25) is 0 Å². The van der Waals surface area contributed by atoms with Crippen LogP contribution in [-0.4, -0.2) is 0 Å². The number of rotatable bonds is 0. The van der Waals surface area contributed by atoms with Gasteiger partial charge in [-0.15, -0.1) is 0 Å². The molecule has 18 heavy (non-hydrogen) atoms. The summed E-state index contributed by atoms with van der Waals surface area (Å²) < 4.78 is 15.2. The van der Waals surface area contributed by atoms with E-state index >= 15 is 0 Å². The van der Waals surface area contributed by atoms with E-state index in [1.165, 1.54) is 0 Å². The van der Waals surface area contributed by atoms with Gasteiger partial charge >= 0.3 is 0 Å². The van der Waals surface area contributed by atoms with Crippen molar-refractivity contribution < 1.29 is 9.47 Å². The van der Waals surface area contributed by atoms with E-state index in [1.54, 1.807) is 0 Å². The van der Waals surface area contributed by atoms with Crippen molar-refractivity contribution >= 4 is 63.7 Å². The predicted octanol–water partition coefficient (Wildman–Crippen LogP) is 6.63. The molecular weight excluding hydrogens is 496 g/mol. The molecule has 0 bridgehead atoms. The zero-order valence-electron chi connectivity index (χ0n) is 8.64. The topological polar surface area (TPSA) is 18.5 Å². The molecule has 0 aromatic heterocycles. The van der Waals surface area contributed by atoms with Gasteiger partial charge in [0, 0.05) is 8.95 Å². The largest absolute Gasteiger partial charge is 0.449 e. The van der Waals surface area contributed by atoms with Gasteiger partial charge in [-0.3, -0.25) is 0 Å². The lowest BCUT2D eigenvalue weighted by Crippen LogP contribution is -2.00. The van der Waals surface area contributed by atoms with Crippen molar-refractivity contribution in [1.29, 1.82) is 0 Å². The minimum Gasteiger partial charge on any atom is -0.449 e. The Bertz CT molecular complexity index is 600. The van der Waals surface area contributed by atoms with Crippen molar-refractivity contribution in [2.45, 2.75) is 0 Å². The third-order valence-electron chi connectivity index (χ3n) is 2.45. The first-order chi connectivity index (χ1) is 8.58. The summed E-state index contributed by atoms with van der Waals surface area (Å²) in [4.78, 5) is 0. The Labute approximate surface area is 137 Å². The molecule has 0 fully saturated rings. The van der Waals surface area contributed by atoms with E-state index in [0.717, 1.165) is 17.9 Å². The second kappa shape index (κ2) is 4.81. The summed E-state index contributed by atoms with van der Waals surface area (Å²) in [5, 5.41) is 0. The van der Waals surface area contributed by atoms with Gasteiger partial charge < -0.3 is 9.47 Å². The standard InChI is InChI=1S/C12H4Br4O2/c13-5-1-3-7-11(9(5)15)18-12-8(17-7)4-2-6(14)10(12)16/h1-4H. The molecule has 6 heteroatoms. The van der Waals surface area contributed by atoms with Crippen LogP contribution in [0.25, 0.3) is 0 Å². The number of benzene rings is 2. The Hall–Kier alpha value is -0.0400. The van der Waals surface area contributed by atoms with Crippen LogP contribution in [0.1, 0.15) is 0 Å². The minimum atomic E-state index is 0.663.